The monoisotopic (exact) mass is 484 g/mol. The van der Waals surface area contributed by atoms with Crippen LogP contribution in [0.4, 0.5) is 0 Å². The minimum absolute atomic E-state index is 0.00602. The average molecular weight is 485 g/mol. The topological polar surface area (TPSA) is 59.1 Å². The van der Waals surface area contributed by atoms with Gasteiger partial charge in [-0.1, -0.05) is 48.5 Å². The fourth-order valence-electron chi connectivity index (χ4n) is 5.51. The van der Waals surface area contributed by atoms with Crippen molar-refractivity contribution in [2.45, 2.75) is 38.8 Å². The zero-order valence-electron chi connectivity index (χ0n) is 21.1. The second-order valence-corrected chi connectivity index (χ2v) is 9.30. The molecule has 0 spiro atoms. The van der Waals surface area contributed by atoms with Crippen LogP contribution in [0.5, 0.6) is 11.5 Å². The number of carbonyl (C=O) groups excluding carboxylic acids is 2. The lowest BCUT2D eigenvalue weighted by atomic mass is 9.75. The lowest BCUT2D eigenvalue weighted by Gasteiger charge is -2.46. The predicted molar refractivity (Wildman–Crippen MR) is 138 cm³/mol. The first-order chi connectivity index (χ1) is 17.5. The van der Waals surface area contributed by atoms with Crippen molar-refractivity contribution in [3.8, 4) is 11.5 Å². The molecule has 6 heteroatoms. The third kappa shape index (κ3) is 4.21. The fourth-order valence-corrected chi connectivity index (χ4v) is 5.51. The minimum atomic E-state index is -0.515. The fraction of sp³-hybridized carbons (Fsp3) is 0.333. The van der Waals surface area contributed by atoms with Crippen LogP contribution in [-0.4, -0.2) is 48.4 Å². The van der Waals surface area contributed by atoms with Gasteiger partial charge in [-0.25, -0.2) is 0 Å². The van der Waals surface area contributed by atoms with E-state index in [0.29, 0.717) is 49.8 Å². The summed E-state index contributed by atoms with van der Waals surface area (Å²) < 4.78 is 11.8. The van der Waals surface area contributed by atoms with Gasteiger partial charge >= 0.3 is 0 Å². The van der Waals surface area contributed by atoms with Gasteiger partial charge in [0, 0.05) is 25.7 Å². The van der Waals surface area contributed by atoms with E-state index in [1.54, 1.807) is 4.90 Å². The Morgan fingerprint density at radius 2 is 1.61 bits per heavy atom. The first kappa shape index (κ1) is 23.9. The molecule has 3 aromatic rings. The maximum absolute atomic E-state index is 14.1. The van der Waals surface area contributed by atoms with Crippen molar-refractivity contribution < 1.29 is 19.1 Å². The Balaban J connectivity index is 1.62. The van der Waals surface area contributed by atoms with Crippen molar-refractivity contribution in [3.05, 3.63) is 94.5 Å². The molecule has 0 fully saturated rings. The summed E-state index contributed by atoms with van der Waals surface area (Å²) in [4.78, 5) is 31.4. The normalized spacial score (nSPS) is 18.1. The van der Waals surface area contributed by atoms with Crippen LogP contribution in [0.1, 0.15) is 58.4 Å². The second-order valence-electron chi connectivity index (χ2n) is 9.30. The molecule has 0 bridgehead atoms. The van der Waals surface area contributed by atoms with E-state index >= 15 is 0 Å². The van der Waals surface area contributed by atoms with Gasteiger partial charge in [-0.3, -0.25) is 9.59 Å². The Morgan fingerprint density at radius 3 is 2.33 bits per heavy atom. The van der Waals surface area contributed by atoms with E-state index in [4.69, 9.17) is 9.47 Å². The van der Waals surface area contributed by atoms with Crippen molar-refractivity contribution in [3.63, 3.8) is 0 Å². The predicted octanol–water partition coefficient (Wildman–Crippen LogP) is 4.98. The third-order valence-electron chi connectivity index (χ3n) is 7.09. The Hall–Kier alpha value is -3.80. The van der Waals surface area contributed by atoms with Gasteiger partial charge in [-0.2, -0.15) is 0 Å². The number of nitrogens with zero attached hydrogens (tertiary/aromatic N) is 2. The van der Waals surface area contributed by atoms with Crippen LogP contribution in [0.15, 0.2) is 66.7 Å². The number of likely N-dealkylation sites (N-methyl/N-ethyl adjacent to an activating group) is 1. The van der Waals surface area contributed by atoms with E-state index in [2.05, 4.69) is 0 Å². The van der Waals surface area contributed by atoms with Crippen LogP contribution < -0.4 is 9.47 Å². The van der Waals surface area contributed by atoms with Crippen LogP contribution in [0, 0.1) is 0 Å². The molecule has 0 N–H and O–H groups in total. The summed E-state index contributed by atoms with van der Waals surface area (Å²) in [5.41, 5.74) is 4.52. The van der Waals surface area contributed by atoms with Gasteiger partial charge in [-0.05, 0) is 60.7 Å². The molecule has 36 heavy (non-hydrogen) atoms. The maximum atomic E-state index is 14.1. The van der Waals surface area contributed by atoms with E-state index in [-0.39, 0.29) is 11.8 Å². The van der Waals surface area contributed by atoms with Gasteiger partial charge in [0.1, 0.15) is 0 Å². The molecule has 2 aliphatic heterocycles. The molecular formula is C30H32N2O4. The molecular weight excluding hydrogens is 452 g/mol. The van der Waals surface area contributed by atoms with Crippen LogP contribution in [0.2, 0.25) is 0 Å². The van der Waals surface area contributed by atoms with Crippen LogP contribution >= 0.6 is 0 Å². The van der Waals surface area contributed by atoms with Crippen molar-refractivity contribution in [1.29, 1.82) is 0 Å². The van der Waals surface area contributed by atoms with E-state index in [9.17, 15) is 9.59 Å². The van der Waals surface area contributed by atoms with E-state index in [1.807, 2.05) is 92.5 Å². The number of carbonyl (C=O) groups is 2. The Bertz CT molecular complexity index is 1270. The molecule has 186 valence electrons. The largest absolute Gasteiger partial charge is 0.490 e. The number of rotatable bonds is 7. The lowest BCUT2D eigenvalue weighted by molar-refractivity contribution is -0.134. The van der Waals surface area contributed by atoms with Gasteiger partial charge in [0.05, 0.1) is 25.2 Å². The summed E-state index contributed by atoms with van der Waals surface area (Å²) in [5, 5.41) is 0. The smallest absolute Gasteiger partial charge is 0.254 e. The molecule has 0 aliphatic carbocycles. The van der Waals surface area contributed by atoms with Gasteiger partial charge in [0.15, 0.2) is 11.5 Å². The summed E-state index contributed by atoms with van der Waals surface area (Å²) in [5.74, 6) is 0.809. The standard InChI is InChI=1S/C30H32N2O4/c1-4-35-25-17-21-15-16-32-28(24(21)18-26(25)36-5-2)27(22-13-9-10-14-23(22)29(32)33)30(34)31(3)19-20-11-7-6-8-12-20/h6-14,17-18,27-28H,4-5,15-16,19H2,1-3H3/t27-,28+/m0/s1. The summed E-state index contributed by atoms with van der Waals surface area (Å²) >= 11 is 0. The summed E-state index contributed by atoms with van der Waals surface area (Å²) in [6.45, 7) is 5.97. The molecule has 2 amide bonds. The van der Waals surface area contributed by atoms with Crippen LogP contribution in [0.25, 0.3) is 0 Å². The average Bonchev–Trinajstić information content (AvgIpc) is 2.90. The van der Waals surface area contributed by atoms with Gasteiger partial charge < -0.3 is 19.3 Å². The quantitative estimate of drug-likeness (QED) is 0.475. The first-order valence-electron chi connectivity index (χ1n) is 12.6. The maximum Gasteiger partial charge on any atom is 0.254 e. The van der Waals surface area contributed by atoms with Gasteiger partial charge in [-0.15, -0.1) is 0 Å². The number of hydrogen-bond acceptors (Lipinski definition) is 4. The van der Waals surface area contributed by atoms with Gasteiger partial charge in [0.25, 0.3) is 5.91 Å². The minimum Gasteiger partial charge on any atom is -0.490 e. The Labute approximate surface area is 212 Å². The molecule has 2 aliphatic rings. The zero-order chi connectivity index (χ0) is 25.2. The molecule has 0 aromatic heterocycles. The number of benzene rings is 3. The number of hydrogen-bond donors (Lipinski definition) is 0. The molecule has 0 unspecified atom stereocenters. The number of amides is 2. The molecule has 6 nitrogen and oxygen atoms in total. The van der Waals surface area contributed by atoms with E-state index in [1.165, 1.54) is 0 Å². The Morgan fingerprint density at radius 1 is 0.944 bits per heavy atom. The van der Waals surface area contributed by atoms with Crippen LogP contribution in [0.3, 0.4) is 0 Å². The number of ether oxygens (including phenoxy) is 2. The molecule has 2 atom stereocenters. The van der Waals surface area contributed by atoms with Crippen molar-refractivity contribution >= 4 is 11.8 Å². The van der Waals surface area contributed by atoms with Crippen molar-refractivity contribution in [2.75, 3.05) is 26.8 Å². The zero-order valence-corrected chi connectivity index (χ0v) is 21.1. The molecule has 2 heterocycles. The summed E-state index contributed by atoms with van der Waals surface area (Å²) in [6.07, 6.45) is 0.701. The highest BCUT2D eigenvalue weighted by Gasteiger charge is 2.47. The molecule has 0 radical (unpaired) electrons. The highest BCUT2D eigenvalue weighted by molar-refractivity contribution is 6.01. The first-order valence-corrected chi connectivity index (χ1v) is 12.6. The molecule has 0 saturated carbocycles. The Kier molecular flexibility index (Phi) is 6.68. The van der Waals surface area contributed by atoms with Crippen molar-refractivity contribution in [1.82, 2.24) is 9.80 Å². The lowest BCUT2D eigenvalue weighted by Crippen LogP contribution is -2.50. The van der Waals surface area contributed by atoms with Gasteiger partial charge in [0.2, 0.25) is 5.91 Å². The third-order valence-corrected chi connectivity index (χ3v) is 7.09. The highest BCUT2D eigenvalue weighted by atomic mass is 16.5. The highest BCUT2D eigenvalue weighted by Crippen LogP contribution is 2.49. The van der Waals surface area contributed by atoms with E-state index < -0.39 is 12.0 Å². The number of fused-ring (bicyclic) bond motifs is 4. The molecule has 5 rings (SSSR count). The second kappa shape index (κ2) is 10.1. The van der Waals surface area contributed by atoms with Crippen LogP contribution in [-0.2, 0) is 17.8 Å². The SMILES string of the molecule is CCOc1cc2c(cc1OCC)[C@@H]1[C@@H](C(=O)N(C)Cc3ccccc3)c3ccccc3C(=O)N1CC2. The van der Waals surface area contributed by atoms with E-state index in [0.717, 1.165) is 22.3 Å². The molecule has 0 saturated heterocycles. The summed E-state index contributed by atoms with van der Waals surface area (Å²) in [6, 6.07) is 21.1. The van der Waals surface area contributed by atoms with Crippen molar-refractivity contribution in [2.24, 2.45) is 0 Å². The molecule has 3 aromatic carbocycles. The summed E-state index contributed by atoms with van der Waals surface area (Å²) in [7, 11) is 1.84.